The van der Waals surface area contributed by atoms with Crippen LogP contribution in [-0.4, -0.2) is 19.3 Å². The lowest BCUT2D eigenvalue weighted by atomic mass is 9.91. The van der Waals surface area contributed by atoms with Crippen LogP contribution < -0.4 is 5.32 Å². The molecule has 3 rings (SSSR count). The van der Waals surface area contributed by atoms with Gasteiger partial charge in [-0.25, -0.2) is 0 Å². The fourth-order valence-electron chi connectivity index (χ4n) is 2.39. The van der Waals surface area contributed by atoms with Crippen molar-refractivity contribution in [2.75, 3.05) is 13.2 Å². The molecule has 2 unspecified atom stereocenters. The quantitative estimate of drug-likeness (QED) is 0.694. The zero-order valence-corrected chi connectivity index (χ0v) is 7.49. The molecule has 2 aliphatic rings. The predicted octanol–water partition coefficient (Wildman–Crippen LogP) is 1.27. The first-order valence-corrected chi connectivity index (χ1v) is 4.81. The van der Waals surface area contributed by atoms with Gasteiger partial charge in [0, 0.05) is 6.54 Å². The van der Waals surface area contributed by atoms with E-state index in [0.717, 1.165) is 19.6 Å². The van der Waals surface area contributed by atoms with Crippen LogP contribution in [0.2, 0.25) is 0 Å². The second-order valence-corrected chi connectivity index (χ2v) is 3.97. The summed E-state index contributed by atoms with van der Waals surface area (Å²) in [5.74, 6) is 0. The molecule has 0 spiro atoms. The highest BCUT2D eigenvalue weighted by molar-refractivity contribution is 5.28. The molecular weight excluding hydrogens is 162 g/mol. The molecule has 1 aromatic rings. The second kappa shape index (κ2) is 2.56. The third-order valence-corrected chi connectivity index (χ3v) is 3.14. The minimum absolute atomic E-state index is 0.131. The van der Waals surface area contributed by atoms with Crippen LogP contribution in [0.15, 0.2) is 30.3 Å². The zero-order chi connectivity index (χ0) is 8.73. The fourth-order valence-corrected chi connectivity index (χ4v) is 2.39. The first kappa shape index (κ1) is 7.54. The Kier molecular flexibility index (Phi) is 1.49. The monoisotopic (exact) mass is 175 g/mol. The van der Waals surface area contributed by atoms with Crippen LogP contribution in [0.25, 0.3) is 0 Å². The highest BCUT2D eigenvalue weighted by Gasteiger charge is 2.46. The number of benzene rings is 1. The summed E-state index contributed by atoms with van der Waals surface area (Å²) < 4.78 is 5.65. The molecule has 13 heavy (non-hydrogen) atoms. The number of hydrogen-bond acceptors (Lipinski definition) is 2. The zero-order valence-electron chi connectivity index (χ0n) is 7.49. The number of ether oxygens (including phenoxy) is 1. The van der Waals surface area contributed by atoms with Crippen LogP contribution >= 0.6 is 0 Å². The van der Waals surface area contributed by atoms with Crippen molar-refractivity contribution in [3.05, 3.63) is 35.9 Å². The maximum absolute atomic E-state index is 5.65. The van der Waals surface area contributed by atoms with Gasteiger partial charge in [-0.1, -0.05) is 30.3 Å². The van der Waals surface area contributed by atoms with Crippen LogP contribution in [0, 0.1) is 0 Å². The van der Waals surface area contributed by atoms with Crippen LogP contribution in [0.4, 0.5) is 0 Å². The summed E-state index contributed by atoms with van der Waals surface area (Å²) in [5.41, 5.74) is 1.50. The molecule has 0 amide bonds. The Morgan fingerprint density at radius 2 is 2.15 bits per heavy atom. The van der Waals surface area contributed by atoms with Crippen molar-refractivity contribution in [2.24, 2.45) is 0 Å². The normalized spacial score (nSPS) is 36.8. The molecule has 2 atom stereocenters. The fraction of sp³-hybridized carbons (Fsp3) is 0.455. The number of morpholine rings is 1. The van der Waals surface area contributed by atoms with Gasteiger partial charge in [0.1, 0.15) is 0 Å². The third kappa shape index (κ3) is 1.02. The van der Waals surface area contributed by atoms with E-state index in [1.54, 1.807) is 0 Å². The molecule has 1 N–H and O–H groups in total. The lowest BCUT2D eigenvalue weighted by Crippen LogP contribution is -2.42. The van der Waals surface area contributed by atoms with Gasteiger partial charge in [0.2, 0.25) is 0 Å². The third-order valence-electron chi connectivity index (χ3n) is 3.14. The van der Waals surface area contributed by atoms with Crippen LogP contribution in [-0.2, 0) is 10.3 Å². The lowest BCUT2D eigenvalue weighted by Gasteiger charge is -2.27. The van der Waals surface area contributed by atoms with Crippen molar-refractivity contribution >= 4 is 0 Å². The van der Waals surface area contributed by atoms with E-state index in [4.69, 9.17) is 4.74 Å². The molecule has 1 aromatic carbocycles. The van der Waals surface area contributed by atoms with Crippen molar-refractivity contribution in [3.63, 3.8) is 0 Å². The van der Waals surface area contributed by atoms with Gasteiger partial charge in [0.05, 0.1) is 18.2 Å². The molecule has 0 saturated carbocycles. The van der Waals surface area contributed by atoms with Crippen molar-refractivity contribution < 1.29 is 4.74 Å². The van der Waals surface area contributed by atoms with E-state index < -0.39 is 0 Å². The molecule has 0 radical (unpaired) electrons. The van der Waals surface area contributed by atoms with E-state index in [-0.39, 0.29) is 5.54 Å². The van der Waals surface area contributed by atoms with Gasteiger partial charge < -0.3 is 10.1 Å². The molecule has 2 aliphatic heterocycles. The van der Waals surface area contributed by atoms with Gasteiger partial charge in [-0.3, -0.25) is 0 Å². The summed E-state index contributed by atoms with van der Waals surface area (Å²) in [6.45, 7) is 1.84. The van der Waals surface area contributed by atoms with E-state index in [1.165, 1.54) is 5.56 Å². The molecule has 2 fully saturated rings. The molecule has 68 valence electrons. The second-order valence-electron chi connectivity index (χ2n) is 3.97. The summed E-state index contributed by atoms with van der Waals surface area (Å²) in [5, 5.41) is 3.56. The maximum atomic E-state index is 5.65. The maximum Gasteiger partial charge on any atom is 0.0722 e. The van der Waals surface area contributed by atoms with E-state index in [2.05, 4.69) is 35.6 Å². The molecule has 2 bridgehead atoms. The van der Waals surface area contributed by atoms with E-state index in [1.807, 2.05) is 0 Å². The molecule has 2 saturated heterocycles. The average Bonchev–Trinajstić information content (AvgIpc) is 2.80. The smallest absolute Gasteiger partial charge is 0.0722 e. The van der Waals surface area contributed by atoms with Crippen LogP contribution in [0.5, 0.6) is 0 Å². The Balaban J connectivity index is 2.00. The molecule has 2 nitrogen and oxygen atoms in total. The number of nitrogens with one attached hydrogen (secondary N) is 1. The van der Waals surface area contributed by atoms with Gasteiger partial charge in [0.15, 0.2) is 0 Å². The highest BCUT2D eigenvalue weighted by Crippen LogP contribution is 2.38. The van der Waals surface area contributed by atoms with Crippen molar-refractivity contribution in [2.45, 2.75) is 18.1 Å². The SMILES string of the molecule is c1ccc(C23COC(CN2)C3)cc1. The average molecular weight is 175 g/mol. The first-order chi connectivity index (χ1) is 6.39. The molecule has 0 aromatic heterocycles. The van der Waals surface area contributed by atoms with Crippen LogP contribution in [0.1, 0.15) is 12.0 Å². The summed E-state index contributed by atoms with van der Waals surface area (Å²) in [7, 11) is 0. The summed E-state index contributed by atoms with van der Waals surface area (Å²) in [6, 6.07) is 10.6. The number of hydrogen-bond donors (Lipinski definition) is 1. The molecule has 0 aliphatic carbocycles. The Bertz CT molecular complexity index is 301. The number of rotatable bonds is 1. The van der Waals surface area contributed by atoms with Gasteiger partial charge in [-0.15, -0.1) is 0 Å². The van der Waals surface area contributed by atoms with E-state index in [0.29, 0.717) is 6.10 Å². The highest BCUT2D eigenvalue weighted by atomic mass is 16.5. The van der Waals surface area contributed by atoms with Gasteiger partial charge in [-0.2, -0.15) is 0 Å². The molecular formula is C11H13NO. The van der Waals surface area contributed by atoms with Gasteiger partial charge in [0.25, 0.3) is 0 Å². The first-order valence-electron chi connectivity index (χ1n) is 4.81. The van der Waals surface area contributed by atoms with Gasteiger partial charge >= 0.3 is 0 Å². The standard InChI is InChI=1S/C11H13NO/c1-2-4-9(5-3-1)11-6-10(7-12-11)13-8-11/h1-5,10,12H,6-8H2. The van der Waals surface area contributed by atoms with Crippen molar-refractivity contribution in [1.82, 2.24) is 5.32 Å². The summed E-state index contributed by atoms with van der Waals surface area (Å²) in [4.78, 5) is 0. The minimum atomic E-state index is 0.131. The Hall–Kier alpha value is -0.860. The van der Waals surface area contributed by atoms with Crippen molar-refractivity contribution in [3.8, 4) is 0 Å². The molecule has 2 heterocycles. The van der Waals surface area contributed by atoms with Crippen LogP contribution in [0.3, 0.4) is 0 Å². The minimum Gasteiger partial charge on any atom is -0.375 e. The Labute approximate surface area is 77.9 Å². The Morgan fingerprint density at radius 3 is 2.69 bits per heavy atom. The van der Waals surface area contributed by atoms with Crippen molar-refractivity contribution in [1.29, 1.82) is 0 Å². The summed E-state index contributed by atoms with van der Waals surface area (Å²) in [6.07, 6.45) is 1.58. The number of fused-ring (bicyclic) bond motifs is 2. The van der Waals surface area contributed by atoms with E-state index in [9.17, 15) is 0 Å². The largest absolute Gasteiger partial charge is 0.375 e. The lowest BCUT2D eigenvalue weighted by molar-refractivity contribution is 0.0695. The molecule has 2 heteroatoms. The Morgan fingerprint density at radius 1 is 1.31 bits per heavy atom. The topological polar surface area (TPSA) is 21.3 Å². The van der Waals surface area contributed by atoms with E-state index >= 15 is 0 Å². The summed E-state index contributed by atoms with van der Waals surface area (Å²) >= 11 is 0. The van der Waals surface area contributed by atoms with Gasteiger partial charge in [-0.05, 0) is 12.0 Å². The predicted molar refractivity (Wildman–Crippen MR) is 50.5 cm³/mol.